The van der Waals surface area contributed by atoms with E-state index >= 15 is 0 Å². The number of carbonyl (C=O) groups is 2. The van der Waals surface area contributed by atoms with Crippen LogP contribution in [0.3, 0.4) is 0 Å². The van der Waals surface area contributed by atoms with Crippen molar-refractivity contribution in [3.05, 3.63) is 29.3 Å². The summed E-state index contributed by atoms with van der Waals surface area (Å²) >= 11 is 0. The summed E-state index contributed by atoms with van der Waals surface area (Å²) in [4.78, 5) is 27.4. The van der Waals surface area contributed by atoms with Gasteiger partial charge in [0.2, 0.25) is 0 Å². The zero-order valence-corrected chi connectivity index (χ0v) is 15.4. The quantitative estimate of drug-likeness (QED) is 0.675. The van der Waals surface area contributed by atoms with Gasteiger partial charge in [0.05, 0.1) is 23.9 Å². The topological polar surface area (TPSA) is 58.6 Å². The number of Topliss-reactive ketones (excluding diaryl/α,β-unsaturated/α-hetero) is 1. The molecule has 1 saturated heterocycles. The summed E-state index contributed by atoms with van der Waals surface area (Å²) < 4.78 is 5.36. The van der Waals surface area contributed by atoms with E-state index < -0.39 is 11.7 Å². The second-order valence-corrected chi connectivity index (χ2v) is 7.45. The minimum Gasteiger partial charge on any atom is -0.497 e. The van der Waals surface area contributed by atoms with E-state index in [-0.39, 0.29) is 5.54 Å². The minimum atomic E-state index is -0.463. The molecule has 1 fully saturated rings. The molecule has 2 heterocycles. The molecule has 2 aliphatic heterocycles. The predicted molar refractivity (Wildman–Crippen MR) is 99.1 cm³/mol. The summed E-state index contributed by atoms with van der Waals surface area (Å²) in [6, 6.07) is 3.58. The maximum absolute atomic E-state index is 13.0. The molecule has 2 aliphatic rings. The summed E-state index contributed by atoms with van der Waals surface area (Å²) in [7, 11) is 1.57. The number of hydrogen-bond acceptors (Lipinski definition) is 4. The molecule has 0 atom stereocenters. The van der Waals surface area contributed by atoms with Crippen molar-refractivity contribution in [2.24, 2.45) is 0 Å². The van der Waals surface area contributed by atoms with Gasteiger partial charge in [0.25, 0.3) is 11.7 Å². The Bertz CT molecular complexity index is 744. The first-order chi connectivity index (χ1) is 11.8. The number of nitrogens with one attached hydrogen (secondary N) is 1. The van der Waals surface area contributed by atoms with Crippen LogP contribution in [0, 0.1) is 0 Å². The van der Waals surface area contributed by atoms with E-state index in [9.17, 15) is 9.59 Å². The standard InChI is InChI=1S/C20H26N2O3/c1-13-12-20(2,3)21-17-15(13)10-14(25-4)11-16(17)18(23)19(24)22-8-6-5-7-9-22/h10-12,21H,5-9H2,1-4H3. The van der Waals surface area contributed by atoms with Gasteiger partial charge in [0.15, 0.2) is 0 Å². The third-order valence-corrected chi connectivity index (χ3v) is 4.88. The fourth-order valence-corrected chi connectivity index (χ4v) is 3.69. The number of rotatable bonds is 3. The smallest absolute Gasteiger partial charge is 0.295 e. The Kier molecular flexibility index (Phi) is 4.58. The van der Waals surface area contributed by atoms with Crippen LogP contribution in [0.2, 0.25) is 0 Å². The predicted octanol–water partition coefficient (Wildman–Crippen LogP) is 3.50. The zero-order chi connectivity index (χ0) is 18.2. The second kappa shape index (κ2) is 6.54. The lowest BCUT2D eigenvalue weighted by molar-refractivity contribution is -0.127. The van der Waals surface area contributed by atoms with Gasteiger partial charge in [-0.05, 0) is 57.7 Å². The third kappa shape index (κ3) is 3.41. The number of benzene rings is 1. The number of fused-ring (bicyclic) bond motifs is 1. The van der Waals surface area contributed by atoms with Crippen LogP contribution in [-0.4, -0.2) is 42.3 Å². The Morgan fingerprint density at radius 3 is 2.48 bits per heavy atom. The van der Waals surface area contributed by atoms with Crippen LogP contribution >= 0.6 is 0 Å². The van der Waals surface area contributed by atoms with E-state index in [2.05, 4.69) is 11.4 Å². The molecule has 134 valence electrons. The molecule has 1 amide bonds. The second-order valence-electron chi connectivity index (χ2n) is 7.45. The monoisotopic (exact) mass is 342 g/mol. The number of likely N-dealkylation sites (tertiary alicyclic amines) is 1. The average molecular weight is 342 g/mol. The zero-order valence-electron chi connectivity index (χ0n) is 15.4. The molecular weight excluding hydrogens is 316 g/mol. The van der Waals surface area contributed by atoms with Crippen molar-refractivity contribution < 1.29 is 14.3 Å². The third-order valence-electron chi connectivity index (χ3n) is 4.88. The normalized spacial score (nSPS) is 18.7. The first kappa shape index (κ1) is 17.5. The fourth-order valence-electron chi connectivity index (χ4n) is 3.69. The molecule has 1 aromatic rings. The maximum Gasteiger partial charge on any atom is 0.295 e. The van der Waals surface area contributed by atoms with Gasteiger partial charge >= 0.3 is 0 Å². The number of hydrogen-bond donors (Lipinski definition) is 1. The van der Waals surface area contributed by atoms with Crippen LogP contribution in [0.25, 0.3) is 5.57 Å². The highest BCUT2D eigenvalue weighted by Crippen LogP contribution is 2.39. The van der Waals surface area contributed by atoms with Gasteiger partial charge in [-0.25, -0.2) is 0 Å². The molecule has 1 N–H and O–H groups in total. The van der Waals surface area contributed by atoms with E-state index in [1.165, 1.54) is 0 Å². The molecular formula is C20H26N2O3. The molecule has 0 bridgehead atoms. The highest BCUT2D eigenvalue weighted by molar-refractivity contribution is 6.44. The van der Waals surface area contributed by atoms with E-state index in [4.69, 9.17) is 4.74 Å². The molecule has 0 spiro atoms. The summed E-state index contributed by atoms with van der Waals surface area (Å²) in [5.41, 5.74) is 2.81. The maximum atomic E-state index is 13.0. The first-order valence-corrected chi connectivity index (χ1v) is 8.86. The number of methoxy groups -OCH3 is 1. The summed E-state index contributed by atoms with van der Waals surface area (Å²) in [6.45, 7) is 7.43. The molecule has 5 nitrogen and oxygen atoms in total. The van der Waals surface area contributed by atoms with Crippen molar-refractivity contribution in [2.75, 3.05) is 25.5 Å². The van der Waals surface area contributed by atoms with Gasteiger partial charge in [0.1, 0.15) is 5.75 Å². The Balaban J connectivity index is 2.03. The average Bonchev–Trinajstić information content (AvgIpc) is 2.59. The largest absolute Gasteiger partial charge is 0.497 e. The molecule has 25 heavy (non-hydrogen) atoms. The molecule has 1 aromatic carbocycles. The van der Waals surface area contributed by atoms with Crippen LogP contribution < -0.4 is 10.1 Å². The van der Waals surface area contributed by atoms with Crippen LogP contribution in [0.15, 0.2) is 18.2 Å². The van der Waals surface area contributed by atoms with E-state index in [0.717, 1.165) is 36.1 Å². The Morgan fingerprint density at radius 1 is 1.16 bits per heavy atom. The molecule has 0 aliphatic carbocycles. The Hall–Kier alpha value is -2.30. The lowest BCUT2D eigenvalue weighted by atomic mass is 9.88. The van der Waals surface area contributed by atoms with E-state index in [1.54, 1.807) is 18.1 Å². The van der Waals surface area contributed by atoms with Crippen molar-refractivity contribution in [2.45, 2.75) is 45.6 Å². The highest BCUT2D eigenvalue weighted by atomic mass is 16.5. The molecule has 0 aromatic heterocycles. The van der Waals surface area contributed by atoms with Crippen molar-refractivity contribution >= 4 is 23.0 Å². The van der Waals surface area contributed by atoms with Gasteiger partial charge in [0, 0.05) is 18.7 Å². The molecule has 0 unspecified atom stereocenters. The Labute approximate surface area is 149 Å². The van der Waals surface area contributed by atoms with E-state index in [0.29, 0.717) is 24.4 Å². The number of amides is 1. The van der Waals surface area contributed by atoms with Crippen molar-refractivity contribution in [1.82, 2.24) is 4.90 Å². The van der Waals surface area contributed by atoms with Crippen molar-refractivity contribution in [3.63, 3.8) is 0 Å². The first-order valence-electron chi connectivity index (χ1n) is 8.86. The number of allylic oxidation sites excluding steroid dienone is 1. The molecule has 5 heteroatoms. The lowest BCUT2D eigenvalue weighted by Crippen LogP contribution is -2.41. The highest BCUT2D eigenvalue weighted by Gasteiger charge is 2.32. The number of ketones is 1. The van der Waals surface area contributed by atoms with Crippen molar-refractivity contribution in [1.29, 1.82) is 0 Å². The Morgan fingerprint density at radius 2 is 1.84 bits per heavy atom. The number of piperidine rings is 1. The van der Waals surface area contributed by atoms with Crippen LogP contribution in [0.1, 0.15) is 56.0 Å². The number of anilines is 1. The summed E-state index contributed by atoms with van der Waals surface area (Å²) in [5.74, 6) is -0.292. The summed E-state index contributed by atoms with van der Waals surface area (Å²) in [5, 5.41) is 3.40. The summed E-state index contributed by atoms with van der Waals surface area (Å²) in [6.07, 6.45) is 5.16. The van der Waals surface area contributed by atoms with E-state index in [1.807, 2.05) is 26.8 Å². The van der Waals surface area contributed by atoms with Gasteiger partial charge in [-0.2, -0.15) is 0 Å². The SMILES string of the molecule is COc1cc(C(=O)C(=O)N2CCCCC2)c2c(c1)C(C)=CC(C)(C)N2. The number of ether oxygens (including phenoxy) is 1. The van der Waals surface area contributed by atoms with Crippen LogP contribution in [-0.2, 0) is 4.79 Å². The molecule has 0 saturated carbocycles. The van der Waals surface area contributed by atoms with Crippen molar-refractivity contribution in [3.8, 4) is 5.75 Å². The fraction of sp³-hybridized carbons (Fsp3) is 0.500. The number of carbonyl (C=O) groups excluding carboxylic acids is 2. The molecule has 3 rings (SSSR count). The van der Waals surface area contributed by atoms with Crippen LogP contribution in [0.5, 0.6) is 5.75 Å². The number of nitrogens with zero attached hydrogens (tertiary/aromatic N) is 1. The lowest BCUT2D eigenvalue weighted by Gasteiger charge is -2.33. The van der Waals surface area contributed by atoms with Gasteiger partial charge in [-0.3, -0.25) is 9.59 Å². The minimum absolute atomic E-state index is 0.283. The van der Waals surface area contributed by atoms with Crippen LogP contribution in [0.4, 0.5) is 5.69 Å². The van der Waals surface area contributed by atoms with Gasteiger partial charge < -0.3 is 15.0 Å². The van der Waals surface area contributed by atoms with Gasteiger partial charge in [-0.1, -0.05) is 6.08 Å². The van der Waals surface area contributed by atoms with Gasteiger partial charge in [-0.15, -0.1) is 0 Å². The molecule has 0 radical (unpaired) electrons.